The number of rotatable bonds is 6. The zero-order valence-electron chi connectivity index (χ0n) is 16.7. The van der Waals surface area contributed by atoms with Crippen molar-refractivity contribution in [1.82, 2.24) is 19.9 Å². The number of aromatic carboxylic acids is 1. The molecule has 0 bridgehead atoms. The maximum atomic E-state index is 11.0. The fourth-order valence-electron chi connectivity index (χ4n) is 4.14. The average molecular weight is 393 g/mol. The summed E-state index contributed by atoms with van der Waals surface area (Å²) in [5.41, 5.74) is 2.73. The SMILES string of the molecule is Cn1cc(CNCC2CCCN(c3ncc(C(=O)O)cn3)CC2)c2ccccc21. The number of anilines is 1. The van der Waals surface area contributed by atoms with Crippen molar-refractivity contribution in [3.05, 3.63) is 54.0 Å². The summed E-state index contributed by atoms with van der Waals surface area (Å²) in [6.07, 6.45) is 8.33. The molecule has 7 nitrogen and oxygen atoms in total. The van der Waals surface area contributed by atoms with Crippen LogP contribution in [0.15, 0.2) is 42.9 Å². The van der Waals surface area contributed by atoms with E-state index in [1.165, 1.54) is 35.3 Å². The summed E-state index contributed by atoms with van der Waals surface area (Å²) < 4.78 is 2.19. The van der Waals surface area contributed by atoms with Crippen molar-refractivity contribution >= 4 is 22.8 Å². The van der Waals surface area contributed by atoms with Crippen LogP contribution in [-0.2, 0) is 13.6 Å². The van der Waals surface area contributed by atoms with Crippen molar-refractivity contribution in [2.24, 2.45) is 13.0 Å². The van der Waals surface area contributed by atoms with Gasteiger partial charge in [0.2, 0.25) is 5.95 Å². The summed E-state index contributed by atoms with van der Waals surface area (Å²) in [6, 6.07) is 8.52. The second kappa shape index (κ2) is 8.61. The number of hydrogen-bond acceptors (Lipinski definition) is 5. The predicted molar refractivity (Wildman–Crippen MR) is 113 cm³/mol. The van der Waals surface area contributed by atoms with E-state index in [9.17, 15) is 4.79 Å². The molecule has 1 aliphatic heterocycles. The van der Waals surface area contributed by atoms with Crippen molar-refractivity contribution < 1.29 is 9.90 Å². The normalized spacial score (nSPS) is 17.4. The highest BCUT2D eigenvalue weighted by molar-refractivity contribution is 5.86. The molecule has 152 valence electrons. The lowest BCUT2D eigenvalue weighted by Crippen LogP contribution is -2.27. The number of nitrogens with one attached hydrogen (secondary N) is 1. The number of carbonyl (C=O) groups is 1. The Morgan fingerprint density at radius 1 is 1.21 bits per heavy atom. The van der Waals surface area contributed by atoms with Gasteiger partial charge in [-0.1, -0.05) is 18.2 Å². The van der Waals surface area contributed by atoms with E-state index in [0.717, 1.165) is 39.0 Å². The Hall–Kier alpha value is -2.93. The second-order valence-electron chi connectivity index (χ2n) is 7.77. The summed E-state index contributed by atoms with van der Waals surface area (Å²) in [6.45, 7) is 3.68. The van der Waals surface area contributed by atoms with E-state index < -0.39 is 5.97 Å². The lowest BCUT2D eigenvalue weighted by Gasteiger charge is -2.20. The van der Waals surface area contributed by atoms with Crippen LogP contribution in [0, 0.1) is 5.92 Å². The van der Waals surface area contributed by atoms with E-state index in [2.05, 4.69) is 62.3 Å². The number of para-hydroxylation sites is 1. The first-order valence-corrected chi connectivity index (χ1v) is 10.2. The molecule has 7 heteroatoms. The van der Waals surface area contributed by atoms with Crippen LogP contribution in [0.4, 0.5) is 5.95 Å². The third-order valence-corrected chi connectivity index (χ3v) is 5.74. The number of carboxylic acid groups (broad SMARTS) is 1. The van der Waals surface area contributed by atoms with Crippen LogP contribution in [0.3, 0.4) is 0 Å². The Kier molecular flexibility index (Phi) is 5.76. The van der Waals surface area contributed by atoms with Gasteiger partial charge in [0.15, 0.2) is 0 Å². The van der Waals surface area contributed by atoms with Gasteiger partial charge in [-0.3, -0.25) is 0 Å². The standard InChI is InChI=1S/C22H27N5O2/c1-26-15-18(19-6-2-3-7-20(19)26)12-23-11-16-5-4-9-27(10-8-16)22-24-13-17(14-25-22)21(28)29/h2-3,6-7,13-16,23H,4-5,8-12H2,1H3,(H,28,29). The Labute approximate surface area is 170 Å². The van der Waals surface area contributed by atoms with Gasteiger partial charge in [0.25, 0.3) is 0 Å². The van der Waals surface area contributed by atoms with Crippen LogP contribution in [0.1, 0.15) is 35.2 Å². The highest BCUT2D eigenvalue weighted by Gasteiger charge is 2.19. The smallest absolute Gasteiger partial charge is 0.338 e. The molecule has 3 heterocycles. The Morgan fingerprint density at radius 2 is 2.00 bits per heavy atom. The zero-order valence-corrected chi connectivity index (χ0v) is 16.7. The molecule has 3 aromatic rings. The minimum absolute atomic E-state index is 0.124. The van der Waals surface area contributed by atoms with Crippen molar-refractivity contribution in [1.29, 1.82) is 0 Å². The molecule has 0 aliphatic carbocycles. The van der Waals surface area contributed by atoms with Gasteiger partial charge in [-0.05, 0) is 43.4 Å². The quantitative estimate of drug-likeness (QED) is 0.670. The van der Waals surface area contributed by atoms with Gasteiger partial charge in [-0.2, -0.15) is 0 Å². The Balaban J connectivity index is 1.30. The van der Waals surface area contributed by atoms with Gasteiger partial charge >= 0.3 is 5.97 Å². The first-order chi connectivity index (χ1) is 14.1. The van der Waals surface area contributed by atoms with E-state index in [-0.39, 0.29) is 5.56 Å². The molecule has 0 saturated carbocycles. The fraction of sp³-hybridized carbons (Fsp3) is 0.409. The Bertz CT molecular complexity index is 983. The molecular weight excluding hydrogens is 366 g/mol. The molecule has 0 amide bonds. The van der Waals surface area contributed by atoms with Crippen LogP contribution in [0.25, 0.3) is 10.9 Å². The topological polar surface area (TPSA) is 83.3 Å². The molecule has 0 spiro atoms. The summed E-state index contributed by atoms with van der Waals surface area (Å²) in [5.74, 6) is 0.248. The highest BCUT2D eigenvalue weighted by Crippen LogP contribution is 2.22. The van der Waals surface area contributed by atoms with E-state index in [1.807, 2.05) is 0 Å². The third-order valence-electron chi connectivity index (χ3n) is 5.74. The molecule has 29 heavy (non-hydrogen) atoms. The third kappa shape index (κ3) is 4.40. The summed E-state index contributed by atoms with van der Waals surface area (Å²) in [7, 11) is 2.09. The van der Waals surface area contributed by atoms with Gasteiger partial charge in [0.1, 0.15) is 0 Å². The van der Waals surface area contributed by atoms with Crippen molar-refractivity contribution in [3.63, 3.8) is 0 Å². The van der Waals surface area contributed by atoms with Crippen molar-refractivity contribution in [3.8, 4) is 0 Å². The molecular formula is C22H27N5O2. The van der Waals surface area contributed by atoms with Gasteiger partial charge < -0.3 is 19.9 Å². The summed E-state index contributed by atoms with van der Waals surface area (Å²) in [4.78, 5) is 21.6. The van der Waals surface area contributed by atoms with E-state index in [4.69, 9.17) is 5.11 Å². The van der Waals surface area contributed by atoms with Crippen LogP contribution in [0.5, 0.6) is 0 Å². The molecule has 2 aromatic heterocycles. The average Bonchev–Trinajstić information content (AvgIpc) is 2.90. The highest BCUT2D eigenvalue weighted by atomic mass is 16.4. The first-order valence-electron chi connectivity index (χ1n) is 10.2. The molecule has 0 radical (unpaired) electrons. The van der Waals surface area contributed by atoms with Gasteiger partial charge in [-0.15, -0.1) is 0 Å². The minimum Gasteiger partial charge on any atom is -0.478 e. The van der Waals surface area contributed by atoms with E-state index >= 15 is 0 Å². The first kappa shape index (κ1) is 19.4. The monoisotopic (exact) mass is 393 g/mol. The largest absolute Gasteiger partial charge is 0.478 e. The van der Waals surface area contributed by atoms with Crippen molar-refractivity contribution in [2.75, 3.05) is 24.5 Å². The maximum absolute atomic E-state index is 11.0. The summed E-state index contributed by atoms with van der Waals surface area (Å²) >= 11 is 0. The minimum atomic E-state index is -0.996. The molecule has 1 aromatic carbocycles. The van der Waals surface area contributed by atoms with Gasteiger partial charge in [-0.25, -0.2) is 14.8 Å². The number of aromatic nitrogens is 3. The summed E-state index contributed by atoms with van der Waals surface area (Å²) in [5, 5.41) is 14.0. The fourth-order valence-corrected chi connectivity index (χ4v) is 4.14. The number of aryl methyl sites for hydroxylation is 1. The van der Waals surface area contributed by atoms with Crippen LogP contribution in [-0.4, -0.2) is 45.2 Å². The lowest BCUT2D eigenvalue weighted by atomic mass is 10.0. The molecule has 1 atom stereocenters. The molecule has 4 rings (SSSR count). The second-order valence-corrected chi connectivity index (χ2v) is 7.77. The van der Waals surface area contributed by atoms with Gasteiger partial charge in [0.05, 0.1) is 5.56 Å². The number of benzene rings is 1. The van der Waals surface area contributed by atoms with Crippen LogP contribution < -0.4 is 10.2 Å². The van der Waals surface area contributed by atoms with Crippen LogP contribution >= 0.6 is 0 Å². The number of carboxylic acids is 1. The molecule has 1 saturated heterocycles. The van der Waals surface area contributed by atoms with Crippen LogP contribution in [0.2, 0.25) is 0 Å². The molecule has 1 unspecified atom stereocenters. The van der Waals surface area contributed by atoms with Gasteiger partial charge in [0, 0.05) is 56.2 Å². The lowest BCUT2D eigenvalue weighted by molar-refractivity contribution is 0.0696. The predicted octanol–water partition coefficient (Wildman–Crippen LogP) is 3.06. The zero-order chi connectivity index (χ0) is 20.2. The molecule has 1 fully saturated rings. The maximum Gasteiger partial charge on any atom is 0.338 e. The number of hydrogen-bond donors (Lipinski definition) is 2. The van der Waals surface area contributed by atoms with Crippen molar-refractivity contribution in [2.45, 2.75) is 25.8 Å². The number of fused-ring (bicyclic) bond motifs is 1. The number of nitrogens with zero attached hydrogens (tertiary/aromatic N) is 4. The molecule has 1 aliphatic rings. The molecule has 2 N–H and O–H groups in total. The Morgan fingerprint density at radius 3 is 2.79 bits per heavy atom. The van der Waals surface area contributed by atoms with E-state index in [0.29, 0.717) is 11.9 Å². The van der Waals surface area contributed by atoms with E-state index in [1.54, 1.807) is 0 Å².